The molecule has 1 aliphatic carbocycles. The van der Waals surface area contributed by atoms with Crippen LogP contribution in [0.4, 0.5) is 11.6 Å². The van der Waals surface area contributed by atoms with Gasteiger partial charge in [-0.05, 0) is 49.9 Å². The normalized spacial score (nSPS) is 18.2. The van der Waals surface area contributed by atoms with Gasteiger partial charge in [-0.3, -0.25) is 4.79 Å². The predicted octanol–water partition coefficient (Wildman–Crippen LogP) is 4.41. The number of aromatic amines is 1. The topological polar surface area (TPSA) is 122 Å². The van der Waals surface area contributed by atoms with Crippen molar-refractivity contribution in [3.63, 3.8) is 0 Å². The van der Waals surface area contributed by atoms with Crippen molar-refractivity contribution < 1.29 is 4.79 Å². The van der Waals surface area contributed by atoms with Gasteiger partial charge in [0.15, 0.2) is 0 Å². The van der Waals surface area contributed by atoms with Crippen molar-refractivity contribution in [1.29, 1.82) is 0 Å². The first kappa shape index (κ1) is 21.2. The third-order valence-corrected chi connectivity index (χ3v) is 6.23. The van der Waals surface area contributed by atoms with E-state index in [2.05, 4.69) is 25.6 Å². The molecule has 1 aromatic carbocycles. The van der Waals surface area contributed by atoms with E-state index in [9.17, 15) is 4.79 Å². The van der Waals surface area contributed by atoms with Crippen LogP contribution in [0.2, 0.25) is 5.02 Å². The van der Waals surface area contributed by atoms with Gasteiger partial charge in [-0.15, -0.1) is 0 Å². The average molecular weight is 462 g/mol. The van der Waals surface area contributed by atoms with Crippen molar-refractivity contribution in [2.45, 2.75) is 37.8 Å². The SMILES string of the molecule is Nc1ccc(C(=O)NC2CCCC(Nc3ncc(Cl)c(-c4cccc5[nH]ccc45)n3)C2)nc1. The fourth-order valence-electron chi connectivity index (χ4n) is 4.35. The number of pyridine rings is 1. The molecule has 2 atom stereocenters. The highest BCUT2D eigenvalue weighted by Gasteiger charge is 2.25. The third kappa shape index (κ3) is 4.61. The Kier molecular flexibility index (Phi) is 5.83. The number of aromatic nitrogens is 4. The number of carbonyl (C=O) groups is 1. The van der Waals surface area contributed by atoms with Gasteiger partial charge in [0.2, 0.25) is 5.95 Å². The zero-order chi connectivity index (χ0) is 22.8. The second-order valence-corrected chi connectivity index (χ2v) is 8.70. The lowest BCUT2D eigenvalue weighted by molar-refractivity contribution is 0.0921. The predicted molar refractivity (Wildman–Crippen MR) is 130 cm³/mol. The number of anilines is 2. The van der Waals surface area contributed by atoms with E-state index >= 15 is 0 Å². The lowest BCUT2D eigenvalue weighted by Gasteiger charge is -2.30. The summed E-state index contributed by atoms with van der Waals surface area (Å²) in [5, 5.41) is 8.08. The van der Waals surface area contributed by atoms with Crippen molar-refractivity contribution in [1.82, 2.24) is 25.3 Å². The summed E-state index contributed by atoms with van der Waals surface area (Å²) in [4.78, 5) is 29.0. The Balaban J connectivity index is 1.29. The number of fused-ring (bicyclic) bond motifs is 1. The van der Waals surface area contributed by atoms with E-state index in [1.54, 1.807) is 18.3 Å². The fraction of sp³-hybridized carbons (Fsp3) is 0.250. The second-order valence-electron chi connectivity index (χ2n) is 8.29. The Morgan fingerprint density at radius 1 is 1.09 bits per heavy atom. The summed E-state index contributed by atoms with van der Waals surface area (Å²) in [7, 11) is 0. The zero-order valence-corrected chi connectivity index (χ0v) is 18.6. The Morgan fingerprint density at radius 3 is 2.82 bits per heavy atom. The number of nitrogens with zero attached hydrogens (tertiary/aromatic N) is 3. The minimum atomic E-state index is -0.190. The van der Waals surface area contributed by atoms with Gasteiger partial charge >= 0.3 is 0 Å². The molecule has 5 N–H and O–H groups in total. The van der Waals surface area contributed by atoms with Crippen molar-refractivity contribution in [3.05, 3.63) is 65.7 Å². The molecule has 0 saturated heterocycles. The Bertz CT molecular complexity index is 1290. The Hall–Kier alpha value is -3.65. The highest BCUT2D eigenvalue weighted by atomic mass is 35.5. The number of nitrogens with one attached hydrogen (secondary N) is 3. The van der Waals surface area contributed by atoms with Gasteiger partial charge < -0.3 is 21.4 Å². The summed E-state index contributed by atoms with van der Waals surface area (Å²) in [6.07, 6.45) is 8.67. The van der Waals surface area contributed by atoms with Crippen LogP contribution in [0.5, 0.6) is 0 Å². The highest BCUT2D eigenvalue weighted by Crippen LogP contribution is 2.32. The van der Waals surface area contributed by atoms with Gasteiger partial charge in [0.25, 0.3) is 5.91 Å². The fourth-order valence-corrected chi connectivity index (χ4v) is 4.54. The number of rotatable bonds is 5. The van der Waals surface area contributed by atoms with Crippen molar-refractivity contribution in [2.75, 3.05) is 11.1 Å². The van der Waals surface area contributed by atoms with Gasteiger partial charge in [0.1, 0.15) is 5.69 Å². The molecule has 8 nitrogen and oxygen atoms in total. The monoisotopic (exact) mass is 461 g/mol. The molecule has 33 heavy (non-hydrogen) atoms. The molecule has 0 spiro atoms. The molecule has 9 heteroatoms. The van der Waals surface area contributed by atoms with Crippen LogP contribution < -0.4 is 16.4 Å². The number of H-pyrrole nitrogens is 1. The average Bonchev–Trinajstić information content (AvgIpc) is 3.30. The molecule has 3 heterocycles. The number of carbonyl (C=O) groups excluding carboxylic acids is 1. The molecule has 1 fully saturated rings. The first-order valence-corrected chi connectivity index (χ1v) is 11.3. The van der Waals surface area contributed by atoms with Crippen LogP contribution in [0.15, 0.2) is 55.0 Å². The van der Waals surface area contributed by atoms with Crippen LogP contribution in [0, 0.1) is 0 Å². The molecule has 0 aliphatic heterocycles. The molecule has 0 bridgehead atoms. The van der Waals surface area contributed by atoms with Crippen LogP contribution in [0.1, 0.15) is 36.2 Å². The van der Waals surface area contributed by atoms with Gasteiger partial charge in [0.05, 0.1) is 28.8 Å². The Labute approximate surface area is 196 Å². The lowest BCUT2D eigenvalue weighted by atomic mass is 9.91. The van der Waals surface area contributed by atoms with Gasteiger partial charge in [-0.1, -0.05) is 23.7 Å². The minimum absolute atomic E-state index is 0.0449. The Morgan fingerprint density at radius 2 is 1.97 bits per heavy atom. The number of benzene rings is 1. The largest absolute Gasteiger partial charge is 0.397 e. The van der Waals surface area contributed by atoms with Crippen LogP contribution in [-0.2, 0) is 0 Å². The van der Waals surface area contributed by atoms with E-state index in [-0.39, 0.29) is 18.0 Å². The van der Waals surface area contributed by atoms with Crippen LogP contribution in [-0.4, -0.2) is 37.9 Å². The van der Waals surface area contributed by atoms with Crippen molar-refractivity contribution >= 4 is 40.0 Å². The summed E-state index contributed by atoms with van der Waals surface area (Å²) in [6.45, 7) is 0. The molecule has 1 saturated carbocycles. The maximum atomic E-state index is 12.5. The molecule has 3 aromatic heterocycles. The quantitative estimate of drug-likeness (QED) is 0.349. The number of hydrogen-bond donors (Lipinski definition) is 4. The van der Waals surface area contributed by atoms with Crippen LogP contribution in [0.3, 0.4) is 0 Å². The molecule has 2 unspecified atom stereocenters. The standard InChI is InChI=1S/C24H24ClN7O/c25-19-13-29-24(32-22(19)18-5-2-6-20-17(18)9-10-27-20)31-16-4-1-3-15(11-16)30-23(33)21-8-7-14(26)12-28-21/h2,5-10,12-13,15-16,27H,1,3-4,11,26H2,(H,30,33)(H,29,31,32). The molecule has 0 radical (unpaired) electrons. The molecule has 1 amide bonds. The van der Waals surface area contributed by atoms with E-state index in [0.717, 1.165) is 42.1 Å². The summed E-state index contributed by atoms with van der Waals surface area (Å²) < 4.78 is 0. The van der Waals surface area contributed by atoms with E-state index in [1.807, 2.05) is 30.5 Å². The second kappa shape index (κ2) is 9.07. The van der Waals surface area contributed by atoms with Gasteiger partial charge in [-0.25, -0.2) is 15.0 Å². The minimum Gasteiger partial charge on any atom is -0.397 e. The molecule has 168 valence electrons. The molecular formula is C24H24ClN7O. The number of halogens is 1. The van der Waals surface area contributed by atoms with Gasteiger partial charge in [0, 0.05) is 34.7 Å². The molecule has 4 aromatic rings. The van der Waals surface area contributed by atoms with Crippen molar-refractivity contribution in [3.8, 4) is 11.3 Å². The van der Waals surface area contributed by atoms with Crippen LogP contribution >= 0.6 is 11.6 Å². The highest BCUT2D eigenvalue weighted by molar-refractivity contribution is 6.33. The summed E-state index contributed by atoms with van der Waals surface area (Å²) in [5.41, 5.74) is 9.22. The molecule has 1 aliphatic rings. The first-order chi connectivity index (χ1) is 16.1. The van der Waals surface area contributed by atoms with E-state index < -0.39 is 0 Å². The third-order valence-electron chi connectivity index (χ3n) is 5.96. The first-order valence-electron chi connectivity index (χ1n) is 10.9. The lowest BCUT2D eigenvalue weighted by Crippen LogP contribution is -2.42. The zero-order valence-electron chi connectivity index (χ0n) is 17.9. The molecular weight excluding hydrogens is 438 g/mol. The van der Waals surface area contributed by atoms with E-state index in [4.69, 9.17) is 22.3 Å². The number of nitrogen functional groups attached to an aromatic ring is 1. The van der Waals surface area contributed by atoms with Crippen molar-refractivity contribution in [2.24, 2.45) is 0 Å². The summed E-state index contributed by atoms with van der Waals surface area (Å²) in [5.74, 6) is 0.337. The molecule has 5 rings (SSSR count). The number of amides is 1. The number of nitrogens with two attached hydrogens (primary N) is 1. The smallest absolute Gasteiger partial charge is 0.270 e. The van der Waals surface area contributed by atoms with E-state index in [0.29, 0.717) is 28.0 Å². The summed E-state index contributed by atoms with van der Waals surface area (Å²) >= 11 is 6.47. The maximum absolute atomic E-state index is 12.5. The maximum Gasteiger partial charge on any atom is 0.270 e. The van der Waals surface area contributed by atoms with Crippen LogP contribution in [0.25, 0.3) is 22.2 Å². The number of hydrogen-bond acceptors (Lipinski definition) is 6. The summed E-state index contributed by atoms with van der Waals surface area (Å²) in [6, 6.07) is 11.5. The van der Waals surface area contributed by atoms with E-state index in [1.165, 1.54) is 6.20 Å². The van der Waals surface area contributed by atoms with Gasteiger partial charge in [-0.2, -0.15) is 0 Å².